The summed E-state index contributed by atoms with van der Waals surface area (Å²) in [4.78, 5) is 26.5. The summed E-state index contributed by atoms with van der Waals surface area (Å²) in [7, 11) is 0. The number of aromatic nitrogens is 1. The number of carboxylic acids is 1. The van der Waals surface area contributed by atoms with Gasteiger partial charge in [-0.25, -0.2) is 9.78 Å². The number of rotatable bonds is 3. The van der Waals surface area contributed by atoms with Crippen LogP contribution in [0.1, 0.15) is 20.8 Å². The van der Waals surface area contributed by atoms with E-state index in [-0.39, 0.29) is 32.0 Å². The van der Waals surface area contributed by atoms with Crippen LogP contribution in [0.3, 0.4) is 0 Å². The number of benzene rings is 1. The van der Waals surface area contributed by atoms with Gasteiger partial charge in [-0.15, -0.1) is 0 Å². The van der Waals surface area contributed by atoms with Crippen molar-refractivity contribution in [2.45, 2.75) is 0 Å². The second kappa shape index (κ2) is 6.30. The Bertz CT molecular complexity index is 735. The lowest BCUT2D eigenvalue weighted by Crippen LogP contribution is -2.13. The Kier molecular flexibility index (Phi) is 4.67. The summed E-state index contributed by atoms with van der Waals surface area (Å²) in [6.45, 7) is 0. The van der Waals surface area contributed by atoms with Crippen molar-refractivity contribution in [3.05, 3.63) is 56.8 Å². The molecule has 0 saturated carbocycles. The maximum absolute atomic E-state index is 12.1. The zero-order valence-corrected chi connectivity index (χ0v) is 12.5. The molecule has 8 heteroatoms. The van der Waals surface area contributed by atoms with Gasteiger partial charge in [-0.05, 0) is 24.3 Å². The van der Waals surface area contributed by atoms with Crippen molar-refractivity contribution in [2.75, 3.05) is 5.32 Å². The average Bonchev–Trinajstić information content (AvgIpc) is 2.44. The molecule has 0 unspecified atom stereocenters. The number of halogens is 3. The van der Waals surface area contributed by atoms with Crippen LogP contribution < -0.4 is 5.32 Å². The fourth-order valence-corrected chi connectivity index (χ4v) is 2.10. The van der Waals surface area contributed by atoms with Crippen molar-refractivity contribution in [1.29, 1.82) is 0 Å². The number of hydrogen-bond acceptors (Lipinski definition) is 3. The van der Waals surface area contributed by atoms with E-state index >= 15 is 0 Å². The SMILES string of the molecule is O=C(Nc1cc(Cl)c(Cl)cc1Cl)c1ccnc(C(=O)O)c1. The summed E-state index contributed by atoms with van der Waals surface area (Å²) in [5.74, 6) is -1.77. The normalized spacial score (nSPS) is 10.2. The monoisotopic (exact) mass is 344 g/mol. The molecule has 0 bridgehead atoms. The highest BCUT2D eigenvalue weighted by atomic mass is 35.5. The molecule has 1 amide bonds. The largest absolute Gasteiger partial charge is 0.477 e. The van der Waals surface area contributed by atoms with Gasteiger partial charge in [0.1, 0.15) is 5.69 Å². The number of amides is 1. The average molecular weight is 346 g/mol. The molecule has 5 nitrogen and oxygen atoms in total. The third-order valence-electron chi connectivity index (χ3n) is 2.50. The van der Waals surface area contributed by atoms with Gasteiger partial charge in [-0.3, -0.25) is 4.79 Å². The van der Waals surface area contributed by atoms with Crippen LogP contribution in [-0.2, 0) is 0 Å². The molecule has 0 fully saturated rings. The van der Waals surface area contributed by atoms with E-state index in [9.17, 15) is 9.59 Å². The second-order valence-corrected chi connectivity index (χ2v) is 5.16. The summed E-state index contributed by atoms with van der Waals surface area (Å²) in [6.07, 6.45) is 1.23. The second-order valence-electron chi connectivity index (χ2n) is 3.94. The van der Waals surface area contributed by atoms with Gasteiger partial charge in [0.05, 0.1) is 20.8 Å². The molecular formula is C13H7Cl3N2O3. The summed E-state index contributed by atoms with van der Waals surface area (Å²) < 4.78 is 0. The Morgan fingerprint density at radius 3 is 2.38 bits per heavy atom. The van der Waals surface area contributed by atoms with Crippen molar-refractivity contribution >= 4 is 52.4 Å². The van der Waals surface area contributed by atoms with E-state index in [1.165, 1.54) is 24.4 Å². The smallest absolute Gasteiger partial charge is 0.354 e. The fourth-order valence-electron chi connectivity index (χ4n) is 1.50. The molecule has 2 aromatic rings. The van der Waals surface area contributed by atoms with Gasteiger partial charge < -0.3 is 10.4 Å². The molecule has 108 valence electrons. The number of carboxylic acid groups (broad SMARTS) is 1. The maximum atomic E-state index is 12.1. The van der Waals surface area contributed by atoms with Crippen molar-refractivity contribution in [1.82, 2.24) is 4.98 Å². The lowest BCUT2D eigenvalue weighted by Gasteiger charge is -2.09. The van der Waals surface area contributed by atoms with Crippen LogP contribution in [-0.4, -0.2) is 22.0 Å². The zero-order chi connectivity index (χ0) is 15.6. The number of nitrogens with zero attached hydrogens (tertiary/aromatic N) is 1. The van der Waals surface area contributed by atoms with E-state index in [0.29, 0.717) is 0 Å². The van der Waals surface area contributed by atoms with E-state index in [2.05, 4.69) is 10.3 Å². The molecule has 21 heavy (non-hydrogen) atoms. The standard InChI is InChI=1S/C13H7Cl3N2O3/c14-7-4-9(16)10(5-8(7)15)18-12(19)6-1-2-17-11(3-6)13(20)21/h1-5H,(H,18,19)(H,20,21). The first-order valence-electron chi connectivity index (χ1n) is 5.53. The highest BCUT2D eigenvalue weighted by Crippen LogP contribution is 2.32. The molecule has 0 spiro atoms. The number of nitrogens with one attached hydrogen (secondary N) is 1. The van der Waals surface area contributed by atoms with Crippen LogP contribution in [0.15, 0.2) is 30.5 Å². The molecule has 2 N–H and O–H groups in total. The highest BCUT2D eigenvalue weighted by Gasteiger charge is 2.13. The van der Waals surface area contributed by atoms with E-state index < -0.39 is 11.9 Å². The lowest BCUT2D eigenvalue weighted by molar-refractivity contribution is 0.0690. The van der Waals surface area contributed by atoms with Crippen LogP contribution in [0.25, 0.3) is 0 Å². The topological polar surface area (TPSA) is 79.3 Å². The highest BCUT2D eigenvalue weighted by molar-refractivity contribution is 6.44. The molecule has 2 rings (SSSR count). The fraction of sp³-hybridized carbons (Fsp3) is 0. The van der Waals surface area contributed by atoms with E-state index in [4.69, 9.17) is 39.9 Å². The summed E-state index contributed by atoms with van der Waals surface area (Å²) in [5.41, 5.74) is 0.164. The lowest BCUT2D eigenvalue weighted by atomic mass is 10.2. The van der Waals surface area contributed by atoms with Gasteiger partial charge in [-0.2, -0.15) is 0 Å². The zero-order valence-electron chi connectivity index (χ0n) is 10.2. The van der Waals surface area contributed by atoms with Gasteiger partial charge in [0, 0.05) is 11.8 Å². The first-order valence-corrected chi connectivity index (χ1v) is 6.67. The quantitative estimate of drug-likeness (QED) is 0.824. The predicted molar refractivity (Wildman–Crippen MR) is 80.6 cm³/mol. The Labute approximate surface area is 134 Å². The van der Waals surface area contributed by atoms with Gasteiger partial charge >= 0.3 is 5.97 Å². The Morgan fingerprint density at radius 2 is 1.71 bits per heavy atom. The van der Waals surface area contributed by atoms with Gasteiger partial charge in [0.25, 0.3) is 5.91 Å². The van der Waals surface area contributed by atoms with Gasteiger partial charge in [-0.1, -0.05) is 34.8 Å². The van der Waals surface area contributed by atoms with Crippen molar-refractivity contribution in [3.8, 4) is 0 Å². The molecule has 1 heterocycles. The minimum Gasteiger partial charge on any atom is -0.477 e. The Morgan fingerprint density at radius 1 is 1.05 bits per heavy atom. The van der Waals surface area contributed by atoms with Crippen LogP contribution in [0.2, 0.25) is 15.1 Å². The number of hydrogen-bond donors (Lipinski definition) is 2. The summed E-state index contributed by atoms with van der Waals surface area (Å²) >= 11 is 17.6. The summed E-state index contributed by atoms with van der Waals surface area (Å²) in [6, 6.07) is 5.34. The number of anilines is 1. The third-order valence-corrected chi connectivity index (χ3v) is 3.53. The first-order chi connectivity index (χ1) is 9.88. The number of aromatic carboxylic acids is 1. The first kappa shape index (κ1) is 15.6. The van der Waals surface area contributed by atoms with E-state index in [0.717, 1.165) is 6.07 Å². The van der Waals surface area contributed by atoms with Crippen LogP contribution in [0.5, 0.6) is 0 Å². The van der Waals surface area contributed by atoms with Crippen molar-refractivity contribution in [3.63, 3.8) is 0 Å². The third kappa shape index (κ3) is 3.64. The number of pyridine rings is 1. The molecule has 0 aliphatic rings. The molecule has 0 aliphatic carbocycles. The predicted octanol–water partition coefficient (Wildman–Crippen LogP) is 3.99. The van der Waals surface area contributed by atoms with Gasteiger partial charge in [0.2, 0.25) is 0 Å². The minimum atomic E-state index is -1.22. The number of carbonyl (C=O) groups is 2. The van der Waals surface area contributed by atoms with Gasteiger partial charge in [0.15, 0.2) is 0 Å². The molecule has 0 aliphatic heterocycles. The van der Waals surface area contributed by atoms with Crippen LogP contribution in [0.4, 0.5) is 5.69 Å². The van der Waals surface area contributed by atoms with Crippen molar-refractivity contribution in [2.24, 2.45) is 0 Å². The van der Waals surface area contributed by atoms with E-state index in [1.807, 2.05) is 0 Å². The molecule has 1 aromatic heterocycles. The summed E-state index contributed by atoms with van der Waals surface area (Å²) in [5, 5.41) is 12.1. The van der Waals surface area contributed by atoms with Crippen molar-refractivity contribution < 1.29 is 14.7 Å². The maximum Gasteiger partial charge on any atom is 0.354 e. The number of carbonyl (C=O) groups excluding carboxylic acids is 1. The molecular weight excluding hydrogens is 339 g/mol. The molecule has 0 radical (unpaired) electrons. The molecule has 0 atom stereocenters. The Balaban J connectivity index is 2.28. The Hall–Kier alpha value is -1.82. The van der Waals surface area contributed by atoms with Crippen LogP contribution in [0, 0.1) is 0 Å². The minimum absolute atomic E-state index is 0.129. The molecule has 0 saturated heterocycles. The molecule has 1 aromatic carbocycles. The van der Waals surface area contributed by atoms with Crippen LogP contribution >= 0.6 is 34.8 Å². The van der Waals surface area contributed by atoms with E-state index in [1.54, 1.807) is 0 Å².